The predicted molar refractivity (Wildman–Crippen MR) is 111 cm³/mol. The molecule has 150 valence electrons. The Labute approximate surface area is 223 Å². The van der Waals surface area contributed by atoms with Gasteiger partial charge in [0.25, 0.3) is 0 Å². The zero-order chi connectivity index (χ0) is 17.6. The molecule has 2 aromatic carbocycles. The Morgan fingerprint density at radius 3 is 1.89 bits per heavy atom. The number of benzene rings is 2. The first-order valence-electron chi connectivity index (χ1n) is 8.68. The molecule has 2 nitrogen and oxygen atoms in total. The Hall–Kier alpha value is -0.0122. The molecule has 0 aliphatic rings. The van der Waals surface area contributed by atoms with Gasteiger partial charge in [-0.15, -0.1) is 35.9 Å². The molecule has 0 fully saturated rings. The first-order chi connectivity index (χ1) is 11.7. The molecule has 0 amide bonds. The van der Waals surface area contributed by atoms with E-state index in [0.717, 1.165) is 31.2 Å². The minimum absolute atomic E-state index is 0. The number of carbonyl (C=O) groups excluding carboxylic acids is 2. The zero-order valence-corrected chi connectivity index (χ0v) is 23.5. The number of Topliss-reactive ketones (excluding diaryl/α,β-unsaturated/α-hetero) is 2. The van der Waals surface area contributed by atoms with Crippen LogP contribution in [0.5, 0.6) is 0 Å². The Morgan fingerprint density at radius 1 is 0.821 bits per heavy atom. The van der Waals surface area contributed by atoms with E-state index in [-0.39, 0.29) is 91.8 Å². The van der Waals surface area contributed by atoms with E-state index < -0.39 is 0 Å². The van der Waals surface area contributed by atoms with Crippen molar-refractivity contribution in [2.45, 2.75) is 52.4 Å². The van der Waals surface area contributed by atoms with Crippen molar-refractivity contribution in [3.63, 3.8) is 0 Å². The second-order valence-electron chi connectivity index (χ2n) is 5.62. The number of rotatable bonds is 8. The Balaban J connectivity index is -0.000000180. The van der Waals surface area contributed by atoms with Crippen molar-refractivity contribution in [3.05, 3.63) is 86.6 Å². The molecule has 0 unspecified atom stereocenters. The molecule has 0 N–H and O–H groups in total. The van der Waals surface area contributed by atoms with E-state index >= 15 is 0 Å². The van der Waals surface area contributed by atoms with Crippen LogP contribution in [0.3, 0.4) is 0 Å². The predicted octanol–water partition coefficient (Wildman–Crippen LogP) is 6.61. The molecule has 0 saturated carbocycles. The van der Waals surface area contributed by atoms with Crippen LogP contribution in [0.15, 0.2) is 48.5 Å². The minimum Gasteiger partial charge on any atom is -0.358 e. The summed E-state index contributed by atoms with van der Waals surface area (Å²) in [6.45, 7) is 4.17. The summed E-state index contributed by atoms with van der Waals surface area (Å²) in [7, 11) is 0. The van der Waals surface area contributed by atoms with Crippen molar-refractivity contribution in [3.8, 4) is 0 Å². The van der Waals surface area contributed by atoms with E-state index in [1.54, 1.807) is 18.2 Å². The smallest absolute Gasteiger partial charge is 0.108 e. The summed E-state index contributed by atoms with van der Waals surface area (Å²) >= 11 is 0. The van der Waals surface area contributed by atoms with Crippen LogP contribution in [0.1, 0.15) is 73.1 Å². The summed E-state index contributed by atoms with van der Waals surface area (Å²) in [4.78, 5) is 22.8. The molecule has 0 aromatic heterocycles. The summed E-state index contributed by atoms with van der Waals surface area (Å²) in [6.07, 6.45) is 5.40. The van der Waals surface area contributed by atoms with Gasteiger partial charge in [-0.05, 0) is 19.3 Å². The third-order valence-electron chi connectivity index (χ3n) is 3.55. The average Bonchev–Trinajstić information content (AvgIpc) is 2.66. The molecule has 2 aromatic rings. The van der Waals surface area contributed by atoms with Gasteiger partial charge in [-0.2, -0.15) is 30.3 Å². The molecule has 4 heteroatoms. The maximum Gasteiger partial charge on any atom is 0.108 e. The van der Waals surface area contributed by atoms with Crippen molar-refractivity contribution in [1.29, 1.82) is 0 Å². The number of ketones is 2. The fraction of sp³-hybridized carbons (Fsp3) is 0.333. The van der Waals surface area contributed by atoms with Crippen LogP contribution in [0.4, 0.5) is 0 Å². The van der Waals surface area contributed by atoms with Crippen LogP contribution in [0.2, 0.25) is 0 Å². The monoisotopic (exact) mass is 530 g/mol. The average molecular weight is 530 g/mol. The van der Waals surface area contributed by atoms with Crippen LogP contribution in [0.25, 0.3) is 0 Å². The van der Waals surface area contributed by atoms with Gasteiger partial charge in [0.1, 0.15) is 5.78 Å². The summed E-state index contributed by atoms with van der Waals surface area (Å²) in [5.41, 5.74) is 1.50. The second-order valence-corrected chi connectivity index (χ2v) is 5.62. The fourth-order valence-corrected chi connectivity index (χ4v) is 2.09. The molecule has 0 saturated heterocycles. The van der Waals surface area contributed by atoms with Crippen LogP contribution >= 0.6 is 0 Å². The normalized spacial score (nSPS) is 8.36. The van der Waals surface area contributed by atoms with Gasteiger partial charge in [-0.3, -0.25) is 0 Å². The molecule has 0 bridgehead atoms. The van der Waals surface area contributed by atoms with E-state index in [1.807, 2.05) is 30.3 Å². The first kappa shape index (κ1) is 35.4. The molecule has 0 spiro atoms. The van der Waals surface area contributed by atoms with E-state index in [2.05, 4.69) is 26.0 Å². The van der Waals surface area contributed by atoms with Crippen LogP contribution in [-0.2, 0) is 65.4 Å². The van der Waals surface area contributed by atoms with Gasteiger partial charge in [-0.1, -0.05) is 38.7 Å². The van der Waals surface area contributed by atoms with Crippen LogP contribution in [-0.4, -0.2) is 11.6 Å². The fourth-order valence-electron chi connectivity index (χ4n) is 2.09. The Bertz CT molecular complexity index is 543. The van der Waals surface area contributed by atoms with Crippen molar-refractivity contribution in [2.24, 2.45) is 0 Å². The van der Waals surface area contributed by atoms with Gasteiger partial charge >= 0.3 is 0 Å². The zero-order valence-electron chi connectivity index (χ0n) is 17.8. The molecular formula is C24H32O2Y2-4. The third kappa shape index (κ3) is 15.9. The topological polar surface area (TPSA) is 34.1 Å². The molecule has 2 radical (unpaired) electrons. The van der Waals surface area contributed by atoms with Crippen LogP contribution < -0.4 is 0 Å². The molecule has 28 heavy (non-hydrogen) atoms. The van der Waals surface area contributed by atoms with Gasteiger partial charge in [0.05, 0.1) is 5.78 Å². The van der Waals surface area contributed by atoms with Crippen molar-refractivity contribution < 1.29 is 75.0 Å². The standard InChI is InChI=1S/2C11H13O.2CH3.2Y/c2*1-2-3-9-11(12)10-7-5-4-6-8-10;;;;/h4-5,7-8H,2-3,9H2,1H3;4-7H,2-3,9H2,1H3;2*1H3;;/q4*-1;;. The molecule has 0 aliphatic heterocycles. The minimum atomic E-state index is 0. The van der Waals surface area contributed by atoms with E-state index in [9.17, 15) is 9.59 Å². The van der Waals surface area contributed by atoms with Crippen LogP contribution in [0, 0.1) is 27.0 Å². The molecular weight excluding hydrogens is 498 g/mol. The second kappa shape index (κ2) is 23.3. The Kier molecular flexibility index (Phi) is 29.4. The maximum absolute atomic E-state index is 11.4. The SMILES string of the molecule is CCCCC(=O)c1[c-]cccc1.CCCCC(=O)c1c[c-]ccc1.[CH3-].[CH3-].[Y].[Y]. The Morgan fingerprint density at radius 2 is 1.43 bits per heavy atom. The number of carbonyl (C=O) groups is 2. The van der Waals surface area contributed by atoms with Crippen molar-refractivity contribution >= 4 is 11.6 Å². The number of unbranched alkanes of at least 4 members (excludes halogenated alkanes) is 2. The summed E-state index contributed by atoms with van der Waals surface area (Å²) < 4.78 is 0. The van der Waals surface area contributed by atoms with E-state index in [1.165, 1.54) is 0 Å². The summed E-state index contributed by atoms with van der Waals surface area (Å²) in [6, 6.07) is 20.4. The summed E-state index contributed by atoms with van der Waals surface area (Å²) in [5, 5.41) is 0. The van der Waals surface area contributed by atoms with Gasteiger partial charge in [0, 0.05) is 65.4 Å². The molecule has 0 aliphatic carbocycles. The van der Waals surface area contributed by atoms with Gasteiger partial charge in [0.15, 0.2) is 0 Å². The molecule has 0 atom stereocenters. The molecule has 0 heterocycles. The van der Waals surface area contributed by atoms with Gasteiger partial charge in [-0.25, -0.2) is 0 Å². The van der Waals surface area contributed by atoms with Gasteiger partial charge < -0.3 is 24.4 Å². The summed E-state index contributed by atoms with van der Waals surface area (Å²) in [5.74, 6) is 0.436. The largest absolute Gasteiger partial charge is 0.358 e. The van der Waals surface area contributed by atoms with Gasteiger partial charge in [0.2, 0.25) is 0 Å². The van der Waals surface area contributed by atoms with E-state index in [0.29, 0.717) is 18.4 Å². The van der Waals surface area contributed by atoms with E-state index in [4.69, 9.17) is 0 Å². The van der Waals surface area contributed by atoms with Crippen molar-refractivity contribution in [1.82, 2.24) is 0 Å². The number of hydrogen-bond donors (Lipinski definition) is 0. The first-order valence-corrected chi connectivity index (χ1v) is 8.68. The number of hydrogen-bond acceptors (Lipinski definition) is 2. The quantitative estimate of drug-likeness (QED) is 0.284. The van der Waals surface area contributed by atoms with Crippen molar-refractivity contribution in [2.75, 3.05) is 0 Å². The third-order valence-corrected chi connectivity index (χ3v) is 3.55. The maximum atomic E-state index is 11.4. The molecule has 2 rings (SSSR count).